The Hall–Kier alpha value is -5.01. The summed E-state index contributed by atoms with van der Waals surface area (Å²) in [5, 5.41) is 12.7. The van der Waals surface area contributed by atoms with E-state index in [0.29, 0.717) is 67.2 Å². The Morgan fingerprint density at radius 2 is 1.98 bits per heavy atom. The SMILES string of the molecule is C=C1CN2CCC[C@@]2(COc2nc3c(c(N4CCCn5nc(-c6nnc(C)o6)cc5C4)n2)CO[C@H](c2c(F)c(N)cc(C#CC)c2C(F)(F)F)C3)C1. The number of nitrogens with zero attached hydrogens (tertiary/aromatic N) is 8. The molecule has 0 aliphatic carbocycles. The van der Waals surface area contributed by atoms with Gasteiger partial charge in [0.1, 0.15) is 18.1 Å². The lowest BCUT2D eigenvalue weighted by Crippen LogP contribution is -2.43. The molecular formula is C36H37F4N9O3. The van der Waals surface area contributed by atoms with Gasteiger partial charge in [0.15, 0.2) is 5.82 Å². The molecule has 4 aliphatic heterocycles. The molecule has 3 aromatic heterocycles. The Morgan fingerprint density at radius 1 is 1.13 bits per heavy atom. The number of halogens is 4. The first-order chi connectivity index (χ1) is 24.9. The molecule has 7 heterocycles. The molecule has 16 heteroatoms. The Morgan fingerprint density at radius 3 is 2.75 bits per heavy atom. The monoisotopic (exact) mass is 719 g/mol. The first-order valence-corrected chi connectivity index (χ1v) is 17.2. The van der Waals surface area contributed by atoms with Crippen molar-refractivity contribution in [2.75, 3.05) is 36.9 Å². The minimum atomic E-state index is -4.93. The fourth-order valence-electron chi connectivity index (χ4n) is 8.08. The number of aromatic nitrogens is 6. The van der Waals surface area contributed by atoms with Crippen LogP contribution in [-0.4, -0.2) is 66.6 Å². The summed E-state index contributed by atoms with van der Waals surface area (Å²) in [6, 6.07) is 2.90. The van der Waals surface area contributed by atoms with Crippen LogP contribution in [0.5, 0.6) is 6.01 Å². The number of benzene rings is 1. The van der Waals surface area contributed by atoms with Crippen LogP contribution in [0.1, 0.15) is 78.2 Å². The molecule has 272 valence electrons. The van der Waals surface area contributed by atoms with E-state index in [1.165, 1.54) is 6.92 Å². The van der Waals surface area contributed by atoms with Gasteiger partial charge in [0.25, 0.3) is 5.89 Å². The predicted molar refractivity (Wildman–Crippen MR) is 180 cm³/mol. The van der Waals surface area contributed by atoms with Crippen LogP contribution in [0.15, 0.2) is 28.7 Å². The summed E-state index contributed by atoms with van der Waals surface area (Å²) < 4.78 is 79.5. The molecule has 0 amide bonds. The van der Waals surface area contributed by atoms with Gasteiger partial charge in [-0.25, -0.2) is 4.39 Å². The van der Waals surface area contributed by atoms with Gasteiger partial charge in [-0.2, -0.15) is 28.2 Å². The number of aryl methyl sites for hydroxylation is 2. The van der Waals surface area contributed by atoms with Crippen LogP contribution in [0.25, 0.3) is 11.6 Å². The Bertz CT molecular complexity index is 2130. The number of anilines is 2. The van der Waals surface area contributed by atoms with Crippen molar-refractivity contribution in [2.24, 2.45) is 0 Å². The average Bonchev–Trinajstić information content (AvgIpc) is 3.85. The maximum atomic E-state index is 15.7. The number of nitrogen functional groups attached to an aromatic ring is 1. The van der Waals surface area contributed by atoms with Crippen LogP contribution < -0.4 is 15.4 Å². The summed E-state index contributed by atoms with van der Waals surface area (Å²) in [7, 11) is 0. The second-order valence-corrected chi connectivity index (χ2v) is 13.9. The van der Waals surface area contributed by atoms with Crippen molar-refractivity contribution < 1.29 is 31.5 Å². The van der Waals surface area contributed by atoms with Crippen molar-refractivity contribution in [3.8, 4) is 29.4 Å². The lowest BCUT2D eigenvalue weighted by molar-refractivity contribution is -0.140. The summed E-state index contributed by atoms with van der Waals surface area (Å²) in [5.74, 6) is 5.01. The third-order valence-corrected chi connectivity index (χ3v) is 10.3. The number of hydrogen-bond acceptors (Lipinski definition) is 11. The van der Waals surface area contributed by atoms with Gasteiger partial charge in [0.2, 0.25) is 5.89 Å². The fourth-order valence-corrected chi connectivity index (χ4v) is 8.08. The molecule has 0 saturated carbocycles. The highest BCUT2D eigenvalue weighted by Crippen LogP contribution is 2.45. The van der Waals surface area contributed by atoms with E-state index < -0.39 is 40.5 Å². The highest BCUT2D eigenvalue weighted by Gasteiger charge is 2.47. The van der Waals surface area contributed by atoms with Gasteiger partial charge in [-0.3, -0.25) is 9.58 Å². The Kier molecular flexibility index (Phi) is 8.45. The minimum Gasteiger partial charge on any atom is -0.461 e. The van der Waals surface area contributed by atoms with Gasteiger partial charge in [-0.1, -0.05) is 18.1 Å². The molecule has 4 aromatic rings. The van der Waals surface area contributed by atoms with Crippen LogP contribution in [-0.2, 0) is 37.0 Å². The van der Waals surface area contributed by atoms with Crippen LogP contribution in [0, 0.1) is 24.6 Å². The van der Waals surface area contributed by atoms with Gasteiger partial charge in [-0.05, 0) is 51.3 Å². The molecule has 2 atom stereocenters. The molecule has 2 N–H and O–H groups in total. The summed E-state index contributed by atoms with van der Waals surface area (Å²) in [5.41, 5.74) is 6.49. The lowest BCUT2D eigenvalue weighted by Gasteiger charge is -2.33. The zero-order chi connectivity index (χ0) is 36.4. The summed E-state index contributed by atoms with van der Waals surface area (Å²) >= 11 is 0. The van der Waals surface area contributed by atoms with Crippen LogP contribution in [0.4, 0.5) is 29.1 Å². The van der Waals surface area contributed by atoms with Crippen molar-refractivity contribution >= 4 is 11.5 Å². The summed E-state index contributed by atoms with van der Waals surface area (Å²) in [6.07, 6.45) is -2.97. The van der Waals surface area contributed by atoms with E-state index in [1.54, 1.807) is 6.92 Å². The Labute approximate surface area is 297 Å². The van der Waals surface area contributed by atoms with Gasteiger partial charge in [-0.15, -0.1) is 16.1 Å². The molecule has 12 nitrogen and oxygen atoms in total. The zero-order valence-corrected chi connectivity index (χ0v) is 28.8. The van der Waals surface area contributed by atoms with Gasteiger partial charge in [0, 0.05) is 49.7 Å². The first-order valence-electron chi connectivity index (χ1n) is 17.2. The van der Waals surface area contributed by atoms with Gasteiger partial charge >= 0.3 is 12.2 Å². The highest BCUT2D eigenvalue weighted by atomic mass is 19.4. The third-order valence-electron chi connectivity index (χ3n) is 10.3. The smallest absolute Gasteiger partial charge is 0.418 e. The molecule has 52 heavy (non-hydrogen) atoms. The largest absolute Gasteiger partial charge is 0.461 e. The van der Waals surface area contributed by atoms with Crippen molar-refractivity contribution in [2.45, 2.75) is 83.5 Å². The van der Waals surface area contributed by atoms with Gasteiger partial charge < -0.3 is 24.5 Å². The van der Waals surface area contributed by atoms with E-state index in [9.17, 15) is 13.2 Å². The van der Waals surface area contributed by atoms with Crippen LogP contribution >= 0.6 is 0 Å². The fraction of sp³-hybridized carbons (Fsp3) is 0.472. The molecule has 8 rings (SSSR count). The number of ether oxygens (including phenoxy) is 2. The van der Waals surface area contributed by atoms with E-state index in [2.05, 4.69) is 38.4 Å². The normalized spacial score (nSPS) is 21.7. The first kappa shape index (κ1) is 34.1. The van der Waals surface area contributed by atoms with E-state index in [1.807, 2.05) is 10.7 Å². The lowest BCUT2D eigenvalue weighted by atomic mass is 9.91. The molecule has 4 aliphatic rings. The molecule has 0 spiro atoms. The third kappa shape index (κ3) is 6.05. The highest BCUT2D eigenvalue weighted by molar-refractivity contribution is 5.59. The number of rotatable bonds is 6. The van der Waals surface area contributed by atoms with E-state index in [-0.39, 0.29) is 24.6 Å². The number of alkyl halides is 3. The number of fused-ring (bicyclic) bond motifs is 3. The van der Waals surface area contributed by atoms with Crippen LogP contribution in [0.3, 0.4) is 0 Å². The van der Waals surface area contributed by atoms with Crippen molar-refractivity contribution in [1.29, 1.82) is 0 Å². The summed E-state index contributed by atoms with van der Waals surface area (Å²) in [6.45, 7) is 10.8. The topological polar surface area (TPSA) is 133 Å². The minimum absolute atomic E-state index is 0.0922. The standard InChI is InChI=1S/C36H37F4N9O3/c1-4-7-22-12-25(41)31(37)29(30(22)36(38,39)40)28-14-26-24(18-50-28)32(43-34(42-26)51-19-35-8-5-10-48(35)16-20(2)15-35)47-9-6-11-49-23(17-47)13-27(46-49)33-45-44-21(3)52-33/h12-13,28H,2,5-6,8-11,14-19,41H2,1,3H3/t28-,35-/m0/s1. The molecule has 0 bridgehead atoms. The van der Waals surface area contributed by atoms with Crippen LogP contribution in [0.2, 0.25) is 0 Å². The van der Waals surface area contributed by atoms with E-state index in [0.717, 1.165) is 49.7 Å². The second kappa shape index (κ2) is 12.9. The van der Waals surface area contributed by atoms with Crippen molar-refractivity contribution in [1.82, 2.24) is 34.8 Å². The quantitative estimate of drug-likeness (QED) is 0.117. The molecule has 1 aromatic carbocycles. The summed E-state index contributed by atoms with van der Waals surface area (Å²) in [4.78, 5) is 14.1. The van der Waals surface area contributed by atoms with Gasteiger partial charge in [0.05, 0.1) is 47.4 Å². The Balaban J connectivity index is 1.18. The molecule has 0 radical (unpaired) electrons. The predicted octanol–water partition coefficient (Wildman–Crippen LogP) is 5.54. The average molecular weight is 720 g/mol. The number of hydrogen-bond donors (Lipinski definition) is 1. The van der Waals surface area contributed by atoms with Crippen molar-refractivity contribution in [3.05, 3.63) is 69.6 Å². The van der Waals surface area contributed by atoms with E-state index >= 15 is 4.39 Å². The van der Waals surface area contributed by atoms with Crippen molar-refractivity contribution in [3.63, 3.8) is 0 Å². The van der Waals surface area contributed by atoms with E-state index in [4.69, 9.17) is 34.7 Å². The maximum absolute atomic E-state index is 15.7. The second-order valence-electron chi connectivity index (χ2n) is 13.9. The molecule has 2 saturated heterocycles. The maximum Gasteiger partial charge on any atom is 0.418 e. The number of nitrogens with two attached hydrogens (primary N) is 1. The molecule has 0 unspecified atom stereocenters. The molecular weight excluding hydrogens is 682 g/mol. The molecule has 2 fully saturated rings. The zero-order valence-electron chi connectivity index (χ0n) is 28.8.